The van der Waals surface area contributed by atoms with Crippen molar-refractivity contribution in [1.29, 1.82) is 0 Å². The van der Waals surface area contributed by atoms with Crippen LogP contribution in [0.2, 0.25) is 0 Å². The molecule has 2 atom stereocenters. The predicted octanol–water partition coefficient (Wildman–Crippen LogP) is 6.04. The van der Waals surface area contributed by atoms with Crippen LogP contribution in [0.1, 0.15) is 85.5 Å². The fourth-order valence-electron chi connectivity index (χ4n) is 3.10. The average Bonchev–Trinajstić information content (AvgIpc) is 2.41. The van der Waals surface area contributed by atoms with Gasteiger partial charge in [-0.2, -0.15) is 0 Å². The molecule has 1 N–H and O–H groups in total. The third kappa shape index (κ3) is 7.31. The molecule has 0 saturated heterocycles. The molecule has 0 saturated carbocycles. The van der Waals surface area contributed by atoms with Gasteiger partial charge in [-0.25, -0.2) is 0 Å². The normalized spacial score (nSPS) is 25.4. The van der Waals surface area contributed by atoms with Gasteiger partial charge in [0.05, 0.1) is 5.60 Å². The molecule has 122 valence electrons. The summed E-state index contributed by atoms with van der Waals surface area (Å²) in [7, 11) is 0. The summed E-state index contributed by atoms with van der Waals surface area (Å²) < 4.78 is 0. The minimum Gasteiger partial charge on any atom is -0.385 e. The Morgan fingerprint density at radius 1 is 1.05 bits per heavy atom. The van der Waals surface area contributed by atoms with E-state index in [2.05, 4.69) is 26.8 Å². The molecule has 0 aromatic heterocycles. The third-order valence-electron chi connectivity index (χ3n) is 4.92. The molecule has 0 aliphatic heterocycles. The van der Waals surface area contributed by atoms with Crippen LogP contribution in [0.3, 0.4) is 0 Å². The van der Waals surface area contributed by atoms with Crippen LogP contribution in [0.15, 0.2) is 23.8 Å². The Kier molecular flexibility index (Phi) is 8.33. The van der Waals surface area contributed by atoms with Gasteiger partial charge in [0.25, 0.3) is 0 Å². The van der Waals surface area contributed by atoms with E-state index < -0.39 is 5.60 Å². The summed E-state index contributed by atoms with van der Waals surface area (Å²) in [4.78, 5) is 0. The fourth-order valence-corrected chi connectivity index (χ4v) is 3.10. The molecular weight excluding hydrogens is 256 g/mol. The number of hydrogen-bond acceptors (Lipinski definition) is 1. The molecule has 21 heavy (non-hydrogen) atoms. The number of allylic oxidation sites excluding steroid dienone is 2. The predicted molar refractivity (Wildman–Crippen MR) is 93.4 cm³/mol. The van der Waals surface area contributed by atoms with Crippen molar-refractivity contribution >= 4 is 0 Å². The second kappa shape index (κ2) is 9.46. The zero-order valence-electron chi connectivity index (χ0n) is 14.7. The van der Waals surface area contributed by atoms with Gasteiger partial charge >= 0.3 is 0 Å². The van der Waals surface area contributed by atoms with Gasteiger partial charge < -0.3 is 5.11 Å². The Hall–Kier alpha value is -0.560. The molecule has 0 heterocycles. The molecule has 1 heteroatoms. The SMILES string of the molecule is CC(C)CCCCCCCCCC1=CC=CC(C)(O)C1C. The molecule has 0 aromatic carbocycles. The molecule has 0 amide bonds. The molecule has 1 nitrogen and oxygen atoms in total. The van der Waals surface area contributed by atoms with Crippen LogP contribution in [0.25, 0.3) is 0 Å². The molecule has 0 spiro atoms. The molecule has 2 unspecified atom stereocenters. The lowest BCUT2D eigenvalue weighted by Gasteiger charge is -2.32. The van der Waals surface area contributed by atoms with Gasteiger partial charge in [-0.15, -0.1) is 0 Å². The highest BCUT2D eigenvalue weighted by Crippen LogP contribution is 2.32. The van der Waals surface area contributed by atoms with Crippen molar-refractivity contribution in [2.24, 2.45) is 11.8 Å². The van der Waals surface area contributed by atoms with Gasteiger partial charge in [0.1, 0.15) is 0 Å². The number of hydrogen-bond donors (Lipinski definition) is 1. The average molecular weight is 293 g/mol. The lowest BCUT2D eigenvalue weighted by molar-refractivity contribution is 0.0665. The van der Waals surface area contributed by atoms with E-state index in [9.17, 15) is 5.11 Å². The quantitative estimate of drug-likeness (QED) is 0.487. The molecule has 0 radical (unpaired) electrons. The van der Waals surface area contributed by atoms with Crippen LogP contribution in [-0.4, -0.2) is 10.7 Å². The molecule has 0 aromatic rings. The first kappa shape index (κ1) is 18.5. The Morgan fingerprint density at radius 3 is 2.24 bits per heavy atom. The Morgan fingerprint density at radius 2 is 1.62 bits per heavy atom. The van der Waals surface area contributed by atoms with Gasteiger partial charge in [0.2, 0.25) is 0 Å². The maximum Gasteiger partial charge on any atom is 0.0865 e. The standard InChI is InChI=1S/C20H36O/c1-17(2)13-10-8-6-5-7-9-11-14-19-15-12-16-20(4,21)18(19)3/h12,15-18,21H,5-11,13-14H2,1-4H3. The third-order valence-corrected chi connectivity index (χ3v) is 4.92. The van der Waals surface area contributed by atoms with Gasteiger partial charge in [-0.05, 0) is 25.7 Å². The topological polar surface area (TPSA) is 20.2 Å². The molecule has 1 rings (SSSR count). The second-order valence-corrected chi connectivity index (χ2v) is 7.46. The van der Waals surface area contributed by atoms with Crippen molar-refractivity contribution in [3.8, 4) is 0 Å². The first-order chi connectivity index (χ1) is 9.93. The summed E-state index contributed by atoms with van der Waals surface area (Å²) >= 11 is 0. The summed E-state index contributed by atoms with van der Waals surface area (Å²) in [5, 5.41) is 10.2. The summed E-state index contributed by atoms with van der Waals surface area (Å²) in [6, 6.07) is 0. The van der Waals surface area contributed by atoms with Crippen molar-refractivity contribution in [2.45, 2.75) is 91.1 Å². The lowest BCUT2D eigenvalue weighted by Crippen LogP contribution is -2.33. The Labute approximate surface area is 132 Å². The van der Waals surface area contributed by atoms with E-state index >= 15 is 0 Å². The molecular formula is C20H36O. The number of unbranched alkanes of at least 4 members (excludes halogenated alkanes) is 6. The highest BCUT2D eigenvalue weighted by atomic mass is 16.3. The Bertz CT molecular complexity index is 336. The van der Waals surface area contributed by atoms with E-state index in [-0.39, 0.29) is 5.92 Å². The summed E-state index contributed by atoms with van der Waals surface area (Å²) in [6.45, 7) is 8.68. The van der Waals surface area contributed by atoms with Crippen LogP contribution in [0.4, 0.5) is 0 Å². The van der Waals surface area contributed by atoms with E-state index in [0.717, 1.165) is 12.3 Å². The highest BCUT2D eigenvalue weighted by Gasteiger charge is 2.29. The van der Waals surface area contributed by atoms with E-state index in [1.807, 2.05) is 19.1 Å². The maximum absolute atomic E-state index is 10.2. The molecule has 1 aliphatic rings. The smallest absolute Gasteiger partial charge is 0.0865 e. The van der Waals surface area contributed by atoms with Gasteiger partial charge in [0.15, 0.2) is 0 Å². The minimum atomic E-state index is -0.652. The van der Waals surface area contributed by atoms with Crippen molar-refractivity contribution in [3.63, 3.8) is 0 Å². The van der Waals surface area contributed by atoms with E-state index in [1.54, 1.807) is 0 Å². The van der Waals surface area contributed by atoms with Gasteiger partial charge in [0, 0.05) is 5.92 Å². The number of aliphatic hydroxyl groups is 1. The zero-order chi connectivity index (χ0) is 15.7. The van der Waals surface area contributed by atoms with E-state index in [0.29, 0.717) is 0 Å². The van der Waals surface area contributed by atoms with Crippen LogP contribution in [-0.2, 0) is 0 Å². The van der Waals surface area contributed by atoms with Crippen molar-refractivity contribution < 1.29 is 5.11 Å². The van der Waals surface area contributed by atoms with E-state index in [4.69, 9.17) is 0 Å². The largest absolute Gasteiger partial charge is 0.385 e. The van der Waals surface area contributed by atoms with Crippen LogP contribution in [0, 0.1) is 11.8 Å². The first-order valence-electron chi connectivity index (χ1n) is 9.04. The molecule has 1 aliphatic carbocycles. The molecule has 0 bridgehead atoms. The fraction of sp³-hybridized carbons (Fsp3) is 0.800. The summed E-state index contributed by atoms with van der Waals surface area (Å²) in [5.41, 5.74) is 0.764. The monoisotopic (exact) mass is 292 g/mol. The van der Waals surface area contributed by atoms with Crippen LogP contribution < -0.4 is 0 Å². The minimum absolute atomic E-state index is 0.263. The number of rotatable bonds is 10. The van der Waals surface area contributed by atoms with Crippen molar-refractivity contribution in [1.82, 2.24) is 0 Å². The van der Waals surface area contributed by atoms with Crippen LogP contribution >= 0.6 is 0 Å². The van der Waals surface area contributed by atoms with Crippen LogP contribution in [0.5, 0.6) is 0 Å². The molecule has 0 fully saturated rings. The maximum atomic E-state index is 10.2. The summed E-state index contributed by atoms with van der Waals surface area (Å²) in [6.07, 6.45) is 18.3. The second-order valence-electron chi connectivity index (χ2n) is 7.46. The van der Waals surface area contributed by atoms with Crippen molar-refractivity contribution in [3.05, 3.63) is 23.8 Å². The van der Waals surface area contributed by atoms with Gasteiger partial charge in [-0.1, -0.05) is 89.5 Å². The van der Waals surface area contributed by atoms with Crippen molar-refractivity contribution in [2.75, 3.05) is 0 Å². The van der Waals surface area contributed by atoms with Gasteiger partial charge in [-0.3, -0.25) is 0 Å². The summed E-state index contributed by atoms with van der Waals surface area (Å²) in [5.74, 6) is 1.13. The Balaban J connectivity index is 2.02. The van der Waals surface area contributed by atoms with E-state index in [1.165, 1.54) is 56.9 Å². The lowest BCUT2D eigenvalue weighted by atomic mass is 9.79. The zero-order valence-corrected chi connectivity index (χ0v) is 14.7. The first-order valence-corrected chi connectivity index (χ1v) is 9.04. The highest BCUT2D eigenvalue weighted by molar-refractivity contribution is 5.27.